The van der Waals surface area contributed by atoms with Crippen molar-refractivity contribution in [1.82, 2.24) is 9.80 Å². The van der Waals surface area contributed by atoms with Gasteiger partial charge in [0.25, 0.3) is 0 Å². The molecule has 4 rings (SSSR count). The summed E-state index contributed by atoms with van der Waals surface area (Å²) in [4.78, 5) is 8.02. The van der Waals surface area contributed by atoms with Crippen molar-refractivity contribution in [3.63, 3.8) is 0 Å². The summed E-state index contributed by atoms with van der Waals surface area (Å²) in [5.74, 6) is 1.23. The number of thioether (sulfide) groups is 1. The molecule has 0 amide bonds. The molecule has 1 fully saturated rings. The van der Waals surface area contributed by atoms with Crippen LogP contribution in [-0.4, -0.2) is 100 Å². The fourth-order valence-corrected chi connectivity index (χ4v) is 5.66. The molecule has 11 nitrogen and oxygen atoms in total. The van der Waals surface area contributed by atoms with E-state index in [4.69, 9.17) is 20.7 Å². The molecule has 2 aliphatic rings. The van der Waals surface area contributed by atoms with Crippen LogP contribution in [0.3, 0.4) is 0 Å². The van der Waals surface area contributed by atoms with Gasteiger partial charge in [-0.25, -0.2) is 0 Å². The number of piperazine rings is 1. The monoisotopic (exact) mass is 646 g/mol. The largest absolute Gasteiger partial charge is 0.412 e. The Kier molecular flexibility index (Phi) is 15.8. The molecular formula is C23H35ClN2O9S4. The number of halogens is 1. The van der Waals surface area contributed by atoms with Crippen molar-refractivity contribution in [2.45, 2.75) is 22.3 Å². The molecule has 1 unspecified atom stereocenters. The van der Waals surface area contributed by atoms with Gasteiger partial charge in [0.15, 0.2) is 0 Å². The summed E-state index contributed by atoms with van der Waals surface area (Å²) >= 11 is 10.2. The highest BCUT2D eigenvalue weighted by Gasteiger charge is 2.30. The van der Waals surface area contributed by atoms with Crippen molar-refractivity contribution in [2.24, 2.45) is 0 Å². The van der Waals surface area contributed by atoms with Gasteiger partial charge in [-0.1, -0.05) is 41.6 Å². The first-order chi connectivity index (χ1) is 17.9. The van der Waals surface area contributed by atoms with E-state index in [0.717, 1.165) is 38.8 Å². The quantitative estimate of drug-likeness (QED) is 0.441. The van der Waals surface area contributed by atoms with Crippen LogP contribution in [0, 0.1) is 0 Å². The molecule has 16 heteroatoms. The number of nitrogens with zero attached hydrogens (tertiary/aromatic N) is 2. The zero-order valence-corrected chi connectivity index (χ0v) is 25.8. The smallest absolute Gasteiger partial charge is 0.397 e. The number of benzene rings is 2. The van der Waals surface area contributed by atoms with Gasteiger partial charge in [0, 0.05) is 59.3 Å². The van der Waals surface area contributed by atoms with Crippen LogP contribution in [0.15, 0.2) is 52.3 Å². The van der Waals surface area contributed by atoms with E-state index in [1.54, 1.807) is 0 Å². The second-order valence-electron chi connectivity index (χ2n) is 8.17. The SMILES string of the molecule is COS(=O)(=O)O.COS(=O)(=O)O.CSCCN1CCN(C2Cc3ccccc3Sc3ccc(Cl)cc32)CC1.O. The van der Waals surface area contributed by atoms with E-state index >= 15 is 0 Å². The van der Waals surface area contributed by atoms with Crippen LogP contribution in [0.2, 0.25) is 5.02 Å². The molecule has 2 aromatic carbocycles. The van der Waals surface area contributed by atoms with Gasteiger partial charge in [0.1, 0.15) is 0 Å². The van der Waals surface area contributed by atoms with Gasteiger partial charge in [-0.3, -0.25) is 27.3 Å². The molecule has 0 bridgehead atoms. The number of rotatable bonds is 6. The van der Waals surface area contributed by atoms with E-state index in [1.807, 2.05) is 29.6 Å². The minimum atomic E-state index is -4.16. The van der Waals surface area contributed by atoms with Gasteiger partial charge in [-0.15, -0.1) is 0 Å². The maximum atomic E-state index is 9.33. The van der Waals surface area contributed by atoms with E-state index in [1.165, 1.54) is 46.3 Å². The summed E-state index contributed by atoms with van der Waals surface area (Å²) in [6, 6.07) is 15.7. The van der Waals surface area contributed by atoms with E-state index in [2.05, 4.69) is 60.8 Å². The van der Waals surface area contributed by atoms with Crippen LogP contribution in [0.5, 0.6) is 0 Å². The molecule has 2 aromatic rings. The Hall–Kier alpha value is -0.950. The summed E-state index contributed by atoms with van der Waals surface area (Å²) in [7, 11) is -6.58. The van der Waals surface area contributed by atoms with Crippen LogP contribution < -0.4 is 0 Å². The van der Waals surface area contributed by atoms with Gasteiger partial charge in [0.05, 0.1) is 14.2 Å². The molecular weight excluding hydrogens is 612 g/mol. The first-order valence-electron chi connectivity index (χ1n) is 11.4. The third kappa shape index (κ3) is 13.1. The third-order valence-corrected chi connectivity index (χ3v) is 8.70. The Morgan fingerprint density at radius 3 is 2.08 bits per heavy atom. The fraction of sp³-hybridized carbons (Fsp3) is 0.478. The van der Waals surface area contributed by atoms with Crippen molar-refractivity contribution in [3.05, 3.63) is 58.6 Å². The molecule has 2 heterocycles. The molecule has 1 atom stereocenters. The molecule has 39 heavy (non-hydrogen) atoms. The molecule has 0 spiro atoms. The van der Waals surface area contributed by atoms with Crippen LogP contribution >= 0.6 is 35.1 Å². The standard InChI is InChI=1S/C21H25ClN2S2.2CH4O4S.H2O/c1-25-13-12-23-8-10-24(11-9-23)19-14-16-4-2-3-5-20(16)26-21-7-6-17(22)15-18(19)21;2*1-5-6(2,3)4;/h2-7,15,19H,8-14H2,1H3;2*1H3,(H,2,3,4);1H2. The summed E-state index contributed by atoms with van der Waals surface area (Å²) in [6.07, 6.45) is 3.26. The summed E-state index contributed by atoms with van der Waals surface area (Å²) in [5.41, 5.74) is 2.86. The van der Waals surface area contributed by atoms with E-state index < -0.39 is 20.8 Å². The first-order valence-corrected chi connectivity index (χ1v) is 16.7. The molecule has 0 radical (unpaired) electrons. The molecule has 222 valence electrons. The van der Waals surface area contributed by atoms with Crippen LogP contribution in [0.4, 0.5) is 0 Å². The zero-order valence-electron chi connectivity index (χ0n) is 21.8. The van der Waals surface area contributed by atoms with Crippen LogP contribution in [0.25, 0.3) is 0 Å². The maximum absolute atomic E-state index is 9.33. The van der Waals surface area contributed by atoms with Gasteiger partial charge >= 0.3 is 20.8 Å². The Morgan fingerprint density at radius 2 is 1.54 bits per heavy atom. The lowest BCUT2D eigenvalue weighted by atomic mass is 9.96. The molecule has 0 aromatic heterocycles. The average Bonchev–Trinajstić information content (AvgIpc) is 3.04. The van der Waals surface area contributed by atoms with Crippen molar-refractivity contribution in [3.8, 4) is 0 Å². The Bertz CT molecular complexity index is 1210. The van der Waals surface area contributed by atoms with E-state index in [9.17, 15) is 16.8 Å². The van der Waals surface area contributed by atoms with E-state index in [0.29, 0.717) is 6.04 Å². The zero-order chi connectivity index (χ0) is 28.3. The lowest BCUT2D eigenvalue weighted by Gasteiger charge is -2.39. The molecule has 0 saturated carbocycles. The second-order valence-corrected chi connectivity index (χ2v) is 13.1. The Morgan fingerprint density at radius 1 is 0.974 bits per heavy atom. The second kappa shape index (κ2) is 17.1. The normalized spacial score (nSPS) is 17.6. The lowest BCUT2D eigenvalue weighted by Crippen LogP contribution is -2.48. The van der Waals surface area contributed by atoms with Gasteiger partial charge in [0.2, 0.25) is 0 Å². The van der Waals surface area contributed by atoms with E-state index in [-0.39, 0.29) is 5.48 Å². The number of hydrogen-bond donors (Lipinski definition) is 2. The Labute approximate surface area is 244 Å². The summed E-state index contributed by atoms with van der Waals surface area (Å²) in [6.45, 7) is 5.82. The minimum absolute atomic E-state index is 0. The topological polar surface area (TPSA) is 165 Å². The molecule has 1 saturated heterocycles. The maximum Gasteiger partial charge on any atom is 0.397 e. The van der Waals surface area contributed by atoms with Crippen LogP contribution in [0.1, 0.15) is 17.2 Å². The first kappa shape index (κ1) is 36.1. The van der Waals surface area contributed by atoms with Crippen molar-refractivity contribution >= 4 is 55.9 Å². The van der Waals surface area contributed by atoms with Crippen molar-refractivity contribution in [1.29, 1.82) is 0 Å². The lowest BCUT2D eigenvalue weighted by molar-refractivity contribution is 0.0984. The highest BCUT2D eigenvalue weighted by Crippen LogP contribution is 2.43. The van der Waals surface area contributed by atoms with Gasteiger partial charge in [-0.05, 0) is 48.1 Å². The van der Waals surface area contributed by atoms with Gasteiger partial charge < -0.3 is 5.48 Å². The number of hydrogen-bond acceptors (Lipinski definition) is 10. The van der Waals surface area contributed by atoms with Crippen LogP contribution in [-0.2, 0) is 35.6 Å². The minimum Gasteiger partial charge on any atom is -0.412 e. The fourth-order valence-electron chi connectivity index (χ4n) is 3.93. The average molecular weight is 647 g/mol. The van der Waals surface area contributed by atoms with Crippen molar-refractivity contribution < 1.29 is 39.8 Å². The summed E-state index contributed by atoms with van der Waals surface area (Å²) < 4.78 is 59.4. The molecule has 4 N–H and O–H groups in total. The molecule has 0 aliphatic carbocycles. The predicted molar refractivity (Wildman–Crippen MR) is 156 cm³/mol. The third-order valence-electron chi connectivity index (χ3n) is 5.82. The number of fused-ring (bicyclic) bond motifs is 2. The van der Waals surface area contributed by atoms with Crippen molar-refractivity contribution in [2.75, 3.05) is 59.0 Å². The van der Waals surface area contributed by atoms with Gasteiger partial charge in [-0.2, -0.15) is 28.6 Å². The highest BCUT2D eigenvalue weighted by molar-refractivity contribution is 7.99. The molecule has 2 aliphatic heterocycles. The predicted octanol–water partition coefficient (Wildman–Crippen LogP) is 3.12. The Balaban J connectivity index is 0.000000494. The summed E-state index contributed by atoms with van der Waals surface area (Å²) in [5, 5.41) is 0.846. The highest BCUT2D eigenvalue weighted by atomic mass is 35.5.